The van der Waals surface area contributed by atoms with Crippen LogP contribution in [0, 0.1) is 0 Å². The summed E-state index contributed by atoms with van der Waals surface area (Å²) in [6.07, 6.45) is 2.62. The van der Waals surface area contributed by atoms with Gasteiger partial charge in [-0.3, -0.25) is 9.98 Å². The van der Waals surface area contributed by atoms with Crippen LogP contribution in [-0.4, -0.2) is 37.6 Å². The first-order chi connectivity index (χ1) is 11.7. The molecule has 0 saturated heterocycles. The monoisotopic (exact) mass is 454 g/mol. The Morgan fingerprint density at radius 1 is 1.16 bits per heavy atom. The van der Waals surface area contributed by atoms with Gasteiger partial charge in [0.15, 0.2) is 5.96 Å². The van der Waals surface area contributed by atoms with Crippen molar-refractivity contribution < 1.29 is 9.53 Å². The SMILES string of the molecule is CN=C(NCCc1ccccn1)NCc1ccc(C(=O)OC)cc1.I. The zero-order chi connectivity index (χ0) is 17.2. The minimum absolute atomic E-state index is 0. The van der Waals surface area contributed by atoms with Crippen molar-refractivity contribution >= 4 is 35.9 Å². The summed E-state index contributed by atoms with van der Waals surface area (Å²) in [6, 6.07) is 13.2. The number of nitrogens with zero attached hydrogens (tertiary/aromatic N) is 2. The van der Waals surface area contributed by atoms with Gasteiger partial charge in [-0.2, -0.15) is 0 Å². The molecule has 7 heteroatoms. The topological polar surface area (TPSA) is 75.6 Å². The van der Waals surface area contributed by atoms with Gasteiger partial charge in [-0.15, -0.1) is 24.0 Å². The maximum Gasteiger partial charge on any atom is 0.337 e. The molecule has 0 aliphatic heterocycles. The summed E-state index contributed by atoms with van der Waals surface area (Å²) in [7, 11) is 3.11. The lowest BCUT2D eigenvalue weighted by atomic mass is 10.1. The zero-order valence-electron chi connectivity index (χ0n) is 14.4. The number of aromatic nitrogens is 1. The number of rotatable bonds is 6. The lowest BCUT2D eigenvalue weighted by Crippen LogP contribution is -2.37. The van der Waals surface area contributed by atoms with Crippen molar-refractivity contribution in [2.24, 2.45) is 4.99 Å². The van der Waals surface area contributed by atoms with E-state index in [1.54, 1.807) is 25.4 Å². The van der Waals surface area contributed by atoms with E-state index in [2.05, 4.69) is 25.3 Å². The van der Waals surface area contributed by atoms with E-state index in [0.717, 1.165) is 30.2 Å². The van der Waals surface area contributed by atoms with Gasteiger partial charge < -0.3 is 15.4 Å². The van der Waals surface area contributed by atoms with Crippen LogP contribution in [0.15, 0.2) is 53.7 Å². The average Bonchev–Trinajstić information content (AvgIpc) is 2.65. The fraction of sp³-hybridized carbons (Fsp3) is 0.278. The van der Waals surface area contributed by atoms with Crippen molar-refractivity contribution in [3.63, 3.8) is 0 Å². The summed E-state index contributed by atoms with van der Waals surface area (Å²) in [5.41, 5.74) is 2.63. The van der Waals surface area contributed by atoms with E-state index in [0.29, 0.717) is 12.1 Å². The Morgan fingerprint density at radius 3 is 2.52 bits per heavy atom. The Balaban J connectivity index is 0.00000312. The van der Waals surface area contributed by atoms with Crippen LogP contribution in [0.4, 0.5) is 0 Å². The van der Waals surface area contributed by atoms with Crippen molar-refractivity contribution in [2.75, 3.05) is 20.7 Å². The number of hydrogen-bond donors (Lipinski definition) is 2. The first kappa shape index (κ1) is 20.9. The Labute approximate surface area is 165 Å². The summed E-state index contributed by atoms with van der Waals surface area (Å²) < 4.78 is 4.68. The maximum atomic E-state index is 11.4. The molecule has 0 fully saturated rings. The van der Waals surface area contributed by atoms with Gasteiger partial charge in [0.25, 0.3) is 0 Å². The highest BCUT2D eigenvalue weighted by Crippen LogP contribution is 2.05. The van der Waals surface area contributed by atoms with Gasteiger partial charge in [-0.25, -0.2) is 4.79 Å². The van der Waals surface area contributed by atoms with Gasteiger partial charge in [0.05, 0.1) is 12.7 Å². The quantitative estimate of drug-likeness (QED) is 0.304. The molecule has 0 unspecified atom stereocenters. The molecule has 0 aliphatic carbocycles. The Bertz CT molecular complexity index is 675. The van der Waals surface area contributed by atoms with Crippen molar-refractivity contribution in [1.82, 2.24) is 15.6 Å². The molecule has 0 radical (unpaired) electrons. The molecule has 25 heavy (non-hydrogen) atoms. The highest BCUT2D eigenvalue weighted by Gasteiger charge is 2.04. The lowest BCUT2D eigenvalue weighted by Gasteiger charge is -2.12. The number of ether oxygens (including phenoxy) is 1. The molecule has 2 N–H and O–H groups in total. The number of pyridine rings is 1. The molecular formula is C18H23IN4O2. The van der Waals surface area contributed by atoms with Crippen LogP contribution in [-0.2, 0) is 17.7 Å². The number of halogens is 1. The molecule has 0 spiro atoms. The highest BCUT2D eigenvalue weighted by atomic mass is 127. The number of methoxy groups -OCH3 is 1. The van der Waals surface area contributed by atoms with E-state index in [1.165, 1.54) is 7.11 Å². The van der Waals surface area contributed by atoms with E-state index in [4.69, 9.17) is 0 Å². The van der Waals surface area contributed by atoms with E-state index in [1.807, 2.05) is 30.3 Å². The molecule has 0 saturated carbocycles. The third-order valence-electron chi connectivity index (χ3n) is 3.46. The van der Waals surface area contributed by atoms with Crippen molar-refractivity contribution in [3.05, 3.63) is 65.5 Å². The van der Waals surface area contributed by atoms with Crippen molar-refractivity contribution in [1.29, 1.82) is 0 Å². The fourth-order valence-corrected chi connectivity index (χ4v) is 2.14. The molecule has 6 nitrogen and oxygen atoms in total. The van der Waals surface area contributed by atoms with E-state index >= 15 is 0 Å². The molecule has 2 rings (SSSR count). The Morgan fingerprint density at radius 2 is 1.92 bits per heavy atom. The molecule has 0 bridgehead atoms. The standard InChI is InChI=1S/C18H22N4O2.HI/c1-19-18(21-12-10-16-5-3-4-11-20-16)22-13-14-6-8-15(9-7-14)17(23)24-2;/h3-9,11H,10,12-13H2,1-2H3,(H2,19,21,22);1H. The molecule has 0 aliphatic rings. The van der Waals surface area contributed by atoms with Crippen LogP contribution >= 0.6 is 24.0 Å². The second-order valence-corrected chi connectivity index (χ2v) is 5.11. The van der Waals surface area contributed by atoms with Crippen LogP contribution in [0.2, 0.25) is 0 Å². The van der Waals surface area contributed by atoms with Crippen molar-refractivity contribution in [3.8, 4) is 0 Å². The number of carbonyl (C=O) groups excluding carboxylic acids is 1. The van der Waals surface area contributed by atoms with Crippen molar-refractivity contribution in [2.45, 2.75) is 13.0 Å². The molecule has 1 aromatic carbocycles. The second kappa shape index (κ2) is 11.4. The second-order valence-electron chi connectivity index (χ2n) is 5.11. The summed E-state index contributed by atoms with van der Waals surface area (Å²) >= 11 is 0. The van der Waals surface area contributed by atoms with E-state index < -0.39 is 0 Å². The van der Waals surface area contributed by atoms with Gasteiger partial charge in [-0.05, 0) is 29.8 Å². The maximum absolute atomic E-state index is 11.4. The summed E-state index contributed by atoms with van der Waals surface area (Å²) in [6.45, 7) is 1.36. The minimum Gasteiger partial charge on any atom is -0.465 e. The predicted molar refractivity (Wildman–Crippen MR) is 109 cm³/mol. The smallest absolute Gasteiger partial charge is 0.337 e. The number of benzene rings is 1. The number of guanidine groups is 1. The Kier molecular flexibility index (Phi) is 9.53. The summed E-state index contributed by atoms with van der Waals surface area (Å²) in [5.74, 6) is 0.393. The van der Waals surface area contributed by atoms with Crippen LogP contribution in [0.25, 0.3) is 0 Å². The number of aliphatic imine (C=N–C) groups is 1. The third-order valence-corrected chi connectivity index (χ3v) is 3.46. The molecule has 1 heterocycles. The van der Waals surface area contributed by atoms with Gasteiger partial charge >= 0.3 is 5.97 Å². The summed E-state index contributed by atoms with van der Waals surface area (Å²) in [5, 5.41) is 6.49. The van der Waals surface area contributed by atoms with Crippen LogP contribution in [0.3, 0.4) is 0 Å². The van der Waals surface area contributed by atoms with Gasteiger partial charge in [-0.1, -0.05) is 18.2 Å². The van der Waals surface area contributed by atoms with Gasteiger partial charge in [0.1, 0.15) is 0 Å². The highest BCUT2D eigenvalue weighted by molar-refractivity contribution is 14.0. The van der Waals surface area contributed by atoms with E-state index in [-0.39, 0.29) is 29.9 Å². The van der Waals surface area contributed by atoms with Gasteiger partial charge in [0, 0.05) is 38.4 Å². The van der Waals surface area contributed by atoms with Crippen LogP contribution in [0.5, 0.6) is 0 Å². The molecule has 134 valence electrons. The normalized spacial score (nSPS) is 10.6. The molecular weight excluding hydrogens is 431 g/mol. The molecule has 0 amide bonds. The number of carbonyl (C=O) groups is 1. The largest absolute Gasteiger partial charge is 0.465 e. The van der Waals surface area contributed by atoms with Crippen LogP contribution < -0.4 is 10.6 Å². The zero-order valence-corrected chi connectivity index (χ0v) is 16.7. The molecule has 0 atom stereocenters. The third kappa shape index (κ3) is 7.08. The first-order valence-electron chi connectivity index (χ1n) is 7.74. The molecule has 1 aromatic heterocycles. The minimum atomic E-state index is -0.332. The number of esters is 1. The Hall–Kier alpha value is -2.16. The number of hydrogen-bond acceptors (Lipinski definition) is 4. The molecule has 2 aromatic rings. The average molecular weight is 454 g/mol. The number of nitrogens with one attached hydrogen (secondary N) is 2. The predicted octanol–water partition coefficient (Wildman–Crippen LogP) is 2.39. The van der Waals surface area contributed by atoms with Crippen LogP contribution in [0.1, 0.15) is 21.6 Å². The first-order valence-corrected chi connectivity index (χ1v) is 7.74. The van der Waals surface area contributed by atoms with Gasteiger partial charge in [0.2, 0.25) is 0 Å². The summed E-state index contributed by atoms with van der Waals surface area (Å²) in [4.78, 5) is 19.9. The lowest BCUT2D eigenvalue weighted by molar-refractivity contribution is 0.0600. The fourth-order valence-electron chi connectivity index (χ4n) is 2.14. The van der Waals surface area contributed by atoms with E-state index in [9.17, 15) is 4.79 Å².